The number of hydrogen-bond acceptors (Lipinski definition) is 6. The Kier molecular flexibility index (Phi) is 9.81. The van der Waals surface area contributed by atoms with E-state index in [0.717, 1.165) is 0 Å². The Morgan fingerprint density at radius 1 is 1.00 bits per heavy atom. The first kappa shape index (κ1) is 18.0. The van der Waals surface area contributed by atoms with Crippen LogP contribution < -0.4 is 10.6 Å². The molecular weight excluding hydrogens is 268 g/mol. The van der Waals surface area contributed by atoms with Crippen molar-refractivity contribution in [2.45, 2.75) is 32.9 Å². The Labute approximate surface area is 120 Å². The van der Waals surface area contributed by atoms with Gasteiger partial charge in [0.25, 0.3) is 0 Å². The summed E-state index contributed by atoms with van der Waals surface area (Å²) in [5.74, 6) is 1.22. The molecule has 0 radical (unpaired) electrons. The zero-order valence-electron chi connectivity index (χ0n) is 11.3. The Balaban J connectivity index is 3.95. The Morgan fingerprint density at radius 2 is 1.44 bits per heavy atom. The summed E-state index contributed by atoms with van der Waals surface area (Å²) in [6.07, 6.45) is 0. The number of ketones is 2. The number of rotatable bonds is 10. The van der Waals surface area contributed by atoms with Gasteiger partial charge in [-0.25, -0.2) is 0 Å². The SMILES string of the molecule is CC(=O)C(CS)NCCNC(CS)C(=O)C(C)C. The van der Waals surface area contributed by atoms with E-state index in [2.05, 4.69) is 35.9 Å². The van der Waals surface area contributed by atoms with Crippen molar-refractivity contribution in [2.24, 2.45) is 5.92 Å². The van der Waals surface area contributed by atoms with E-state index in [1.54, 1.807) is 6.92 Å². The molecule has 0 aromatic heterocycles. The molecule has 4 nitrogen and oxygen atoms in total. The van der Waals surface area contributed by atoms with Gasteiger partial charge < -0.3 is 10.6 Å². The second kappa shape index (κ2) is 9.83. The van der Waals surface area contributed by atoms with Gasteiger partial charge in [-0.05, 0) is 6.92 Å². The molecule has 0 amide bonds. The van der Waals surface area contributed by atoms with Gasteiger partial charge >= 0.3 is 0 Å². The summed E-state index contributed by atoms with van der Waals surface area (Å²) >= 11 is 8.28. The van der Waals surface area contributed by atoms with Gasteiger partial charge in [-0.15, -0.1) is 0 Å². The summed E-state index contributed by atoms with van der Waals surface area (Å²) in [5, 5.41) is 6.24. The van der Waals surface area contributed by atoms with Crippen LogP contribution in [0.2, 0.25) is 0 Å². The molecular formula is C12H24N2O2S2. The lowest BCUT2D eigenvalue weighted by molar-refractivity contribution is -0.123. The number of carbonyl (C=O) groups excluding carboxylic acids is 2. The molecule has 0 spiro atoms. The van der Waals surface area contributed by atoms with Gasteiger partial charge in [0.05, 0.1) is 12.1 Å². The van der Waals surface area contributed by atoms with E-state index in [4.69, 9.17) is 0 Å². The number of Topliss-reactive ketones (excluding diaryl/α,β-unsaturated/α-hetero) is 2. The fourth-order valence-corrected chi connectivity index (χ4v) is 2.18. The minimum absolute atomic E-state index is 0.00465. The topological polar surface area (TPSA) is 58.2 Å². The zero-order chi connectivity index (χ0) is 14.1. The molecule has 6 heteroatoms. The molecule has 2 N–H and O–H groups in total. The molecule has 0 saturated heterocycles. The third-order valence-electron chi connectivity index (χ3n) is 2.67. The van der Waals surface area contributed by atoms with Crippen LogP contribution in [0.5, 0.6) is 0 Å². The van der Waals surface area contributed by atoms with Crippen LogP contribution in [0.25, 0.3) is 0 Å². The van der Waals surface area contributed by atoms with Gasteiger partial charge in [-0.2, -0.15) is 25.3 Å². The molecule has 2 atom stereocenters. The Hall–Kier alpha value is -0.0400. The van der Waals surface area contributed by atoms with Crippen molar-refractivity contribution in [2.75, 3.05) is 24.6 Å². The molecule has 0 fully saturated rings. The molecule has 0 aromatic rings. The summed E-state index contributed by atoms with van der Waals surface area (Å²) in [6.45, 7) is 6.55. The fourth-order valence-electron chi connectivity index (χ4n) is 1.49. The maximum Gasteiger partial charge on any atom is 0.153 e. The molecule has 0 aliphatic heterocycles. The molecule has 0 aliphatic rings. The number of carbonyl (C=O) groups is 2. The zero-order valence-corrected chi connectivity index (χ0v) is 13.1. The third kappa shape index (κ3) is 6.78. The van der Waals surface area contributed by atoms with E-state index < -0.39 is 0 Å². The van der Waals surface area contributed by atoms with Crippen molar-refractivity contribution >= 4 is 36.8 Å². The lowest BCUT2D eigenvalue weighted by Crippen LogP contribution is -2.46. The first-order valence-corrected chi connectivity index (χ1v) is 7.43. The smallest absolute Gasteiger partial charge is 0.153 e. The second-order valence-corrected chi connectivity index (χ2v) is 5.28. The lowest BCUT2D eigenvalue weighted by Gasteiger charge is -2.19. The monoisotopic (exact) mass is 292 g/mol. The van der Waals surface area contributed by atoms with Crippen molar-refractivity contribution in [3.8, 4) is 0 Å². The molecule has 106 valence electrons. The first-order valence-electron chi connectivity index (χ1n) is 6.16. The highest BCUT2D eigenvalue weighted by Gasteiger charge is 2.19. The number of thiol groups is 2. The van der Waals surface area contributed by atoms with Crippen molar-refractivity contribution in [1.82, 2.24) is 10.6 Å². The van der Waals surface area contributed by atoms with E-state index >= 15 is 0 Å². The summed E-state index contributed by atoms with van der Waals surface area (Å²) in [4.78, 5) is 22.9. The summed E-state index contributed by atoms with van der Waals surface area (Å²) in [7, 11) is 0. The van der Waals surface area contributed by atoms with Crippen LogP contribution in [-0.2, 0) is 9.59 Å². The quantitative estimate of drug-likeness (QED) is 0.351. The van der Waals surface area contributed by atoms with Gasteiger partial charge in [-0.3, -0.25) is 9.59 Å². The minimum Gasteiger partial charge on any atom is -0.306 e. The predicted molar refractivity (Wildman–Crippen MR) is 81.8 cm³/mol. The standard InChI is InChI=1S/C12H24N2O2S2/c1-8(2)12(16)11(7-18)14-5-4-13-10(6-17)9(3)15/h8,10-11,13-14,17-18H,4-7H2,1-3H3. The largest absolute Gasteiger partial charge is 0.306 e. The molecule has 2 unspecified atom stereocenters. The molecule has 0 heterocycles. The third-order valence-corrected chi connectivity index (χ3v) is 3.41. The Morgan fingerprint density at radius 3 is 1.78 bits per heavy atom. The molecule has 0 aliphatic carbocycles. The maximum absolute atomic E-state index is 11.8. The molecule has 0 aromatic carbocycles. The maximum atomic E-state index is 11.8. The highest BCUT2D eigenvalue weighted by atomic mass is 32.1. The predicted octanol–water partition coefficient (Wildman–Crippen LogP) is 0.576. The van der Waals surface area contributed by atoms with Crippen LogP contribution in [-0.4, -0.2) is 48.2 Å². The first-order chi connectivity index (χ1) is 8.43. The minimum atomic E-state index is -0.220. The normalized spacial score (nSPS) is 14.6. The van der Waals surface area contributed by atoms with Crippen LogP contribution in [0.15, 0.2) is 0 Å². The summed E-state index contributed by atoms with van der Waals surface area (Å²) in [5.41, 5.74) is 0. The van der Waals surface area contributed by atoms with Gasteiger partial charge in [0, 0.05) is 30.5 Å². The fraction of sp³-hybridized carbons (Fsp3) is 0.833. The van der Waals surface area contributed by atoms with Crippen molar-refractivity contribution in [3.63, 3.8) is 0 Å². The molecule has 0 saturated carbocycles. The van der Waals surface area contributed by atoms with Crippen LogP contribution in [0.4, 0.5) is 0 Å². The van der Waals surface area contributed by atoms with Crippen molar-refractivity contribution in [3.05, 3.63) is 0 Å². The average molecular weight is 292 g/mol. The van der Waals surface area contributed by atoms with Gasteiger partial charge in [0.15, 0.2) is 5.78 Å². The highest BCUT2D eigenvalue weighted by molar-refractivity contribution is 7.80. The van der Waals surface area contributed by atoms with Gasteiger partial charge in [-0.1, -0.05) is 13.8 Å². The van der Waals surface area contributed by atoms with E-state index in [0.29, 0.717) is 24.6 Å². The molecule has 18 heavy (non-hydrogen) atoms. The van der Waals surface area contributed by atoms with E-state index in [9.17, 15) is 9.59 Å². The van der Waals surface area contributed by atoms with E-state index in [1.807, 2.05) is 13.8 Å². The van der Waals surface area contributed by atoms with Crippen molar-refractivity contribution in [1.29, 1.82) is 0 Å². The molecule has 0 rings (SSSR count). The van der Waals surface area contributed by atoms with E-state index in [1.165, 1.54) is 0 Å². The lowest BCUT2D eigenvalue weighted by atomic mass is 10.0. The number of nitrogens with one attached hydrogen (secondary N) is 2. The number of hydrogen-bond donors (Lipinski definition) is 4. The van der Waals surface area contributed by atoms with Gasteiger partial charge in [0.1, 0.15) is 5.78 Å². The Bertz CT molecular complexity index is 273. The summed E-state index contributed by atoms with van der Waals surface area (Å²) < 4.78 is 0. The van der Waals surface area contributed by atoms with Crippen molar-refractivity contribution < 1.29 is 9.59 Å². The van der Waals surface area contributed by atoms with Crippen LogP contribution in [0.1, 0.15) is 20.8 Å². The second-order valence-electron chi connectivity index (χ2n) is 4.55. The van der Waals surface area contributed by atoms with Crippen LogP contribution in [0.3, 0.4) is 0 Å². The van der Waals surface area contributed by atoms with Crippen LogP contribution in [0, 0.1) is 5.92 Å². The molecule has 0 bridgehead atoms. The summed E-state index contributed by atoms with van der Waals surface area (Å²) in [6, 6.07) is -0.438. The van der Waals surface area contributed by atoms with Crippen LogP contribution >= 0.6 is 25.3 Å². The average Bonchev–Trinajstić information content (AvgIpc) is 2.32. The van der Waals surface area contributed by atoms with E-state index in [-0.39, 0.29) is 29.6 Å². The van der Waals surface area contributed by atoms with Gasteiger partial charge in [0.2, 0.25) is 0 Å². The highest BCUT2D eigenvalue weighted by Crippen LogP contribution is 2.01.